The molecule has 0 saturated heterocycles. The molecule has 0 aromatic heterocycles. The predicted molar refractivity (Wildman–Crippen MR) is 127 cm³/mol. The highest BCUT2D eigenvalue weighted by Gasteiger charge is 2.21. The van der Waals surface area contributed by atoms with Crippen LogP contribution in [-0.2, 0) is 0 Å². The van der Waals surface area contributed by atoms with Crippen LogP contribution >= 0.6 is 7.92 Å². The maximum Gasteiger partial charge on any atom is 0.0440 e. The Kier molecular flexibility index (Phi) is 6.85. The highest BCUT2D eigenvalue weighted by atomic mass is 31.1. The van der Waals surface area contributed by atoms with E-state index >= 15 is 0 Å². The van der Waals surface area contributed by atoms with Crippen molar-refractivity contribution < 1.29 is 0 Å². The van der Waals surface area contributed by atoms with E-state index in [4.69, 9.17) is 0 Å². The SMILES string of the molecule is C/C=C\C(=C/C)P(c1ccccc1)c1ccccc1-c1ccccc1N(C)C. The van der Waals surface area contributed by atoms with Crippen molar-refractivity contribution in [1.82, 2.24) is 0 Å². The van der Waals surface area contributed by atoms with Gasteiger partial charge in [0.1, 0.15) is 0 Å². The van der Waals surface area contributed by atoms with Gasteiger partial charge in [0.15, 0.2) is 0 Å². The van der Waals surface area contributed by atoms with Crippen LogP contribution in [0.1, 0.15) is 13.8 Å². The fourth-order valence-electron chi connectivity index (χ4n) is 3.46. The fraction of sp³-hybridized carbons (Fsp3) is 0.154. The molecule has 142 valence electrons. The van der Waals surface area contributed by atoms with Crippen molar-refractivity contribution in [3.63, 3.8) is 0 Å². The van der Waals surface area contributed by atoms with Crippen LogP contribution in [0.25, 0.3) is 11.1 Å². The summed E-state index contributed by atoms with van der Waals surface area (Å²) in [5.41, 5.74) is 3.83. The Bertz CT molecular complexity index is 970. The van der Waals surface area contributed by atoms with Crippen LogP contribution < -0.4 is 15.5 Å². The van der Waals surface area contributed by atoms with E-state index in [1.165, 1.54) is 32.7 Å². The second-order valence-electron chi connectivity index (χ2n) is 6.81. The van der Waals surface area contributed by atoms with Gasteiger partial charge in [-0.1, -0.05) is 91.0 Å². The van der Waals surface area contributed by atoms with Crippen molar-refractivity contribution in [2.45, 2.75) is 13.8 Å². The first kappa shape index (κ1) is 20.1. The Morgan fingerprint density at radius 1 is 0.750 bits per heavy atom. The average molecular weight is 385 g/mol. The molecule has 1 nitrogen and oxygen atoms in total. The van der Waals surface area contributed by atoms with Crippen LogP contribution in [0.3, 0.4) is 0 Å². The molecule has 2 heteroatoms. The first-order valence-corrected chi connectivity index (χ1v) is 11.0. The second-order valence-corrected chi connectivity index (χ2v) is 9.00. The maximum absolute atomic E-state index is 2.30. The molecule has 0 aliphatic carbocycles. The lowest BCUT2D eigenvalue weighted by Crippen LogP contribution is -2.16. The Morgan fingerprint density at radius 3 is 2.00 bits per heavy atom. The van der Waals surface area contributed by atoms with Gasteiger partial charge in [-0.25, -0.2) is 0 Å². The van der Waals surface area contributed by atoms with Crippen molar-refractivity contribution in [1.29, 1.82) is 0 Å². The minimum Gasteiger partial charge on any atom is -0.377 e. The second kappa shape index (κ2) is 9.53. The summed E-state index contributed by atoms with van der Waals surface area (Å²) in [5, 5.41) is 4.14. The molecule has 3 rings (SSSR count). The zero-order chi connectivity index (χ0) is 19.9. The Morgan fingerprint density at radius 2 is 1.36 bits per heavy atom. The summed E-state index contributed by atoms with van der Waals surface area (Å²) < 4.78 is 0. The number of rotatable bonds is 6. The first-order valence-electron chi connectivity index (χ1n) is 9.67. The van der Waals surface area contributed by atoms with Gasteiger partial charge in [0.05, 0.1) is 0 Å². The molecule has 0 saturated carbocycles. The molecule has 0 aliphatic rings. The summed E-state index contributed by atoms with van der Waals surface area (Å²) in [5.74, 6) is 0. The summed E-state index contributed by atoms with van der Waals surface area (Å²) in [7, 11) is 3.58. The molecule has 0 N–H and O–H groups in total. The molecule has 0 spiro atoms. The molecule has 3 aromatic carbocycles. The number of hydrogen-bond donors (Lipinski definition) is 0. The fourth-order valence-corrected chi connectivity index (χ4v) is 6.01. The summed E-state index contributed by atoms with van der Waals surface area (Å²) in [6.07, 6.45) is 6.66. The summed E-state index contributed by atoms with van der Waals surface area (Å²) in [4.78, 5) is 2.19. The molecule has 0 bridgehead atoms. The van der Waals surface area contributed by atoms with Crippen LogP contribution in [0, 0.1) is 0 Å². The van der Waals surface area contributed by atoms with Crippen LogP contribution in [-0.4, -0.2) is 14.1 Å². The topological polar surface area (TPSA) is 3.24 Å². The lowest BCUT2D eigenvalue weighted by Gasteiger charge is -2.25. The van der Waals surface area contributed by atoms with E-state index in [1.807, 2.05) is 0 Å². The van der Waals surface area contributed by atoms with E-state index in [2.05, 4.69) is 130 Å². The Balaban J connectivity index is 2.27. The molecule has 0 fully saturated rings. The molecule has 0 aliphatic heterocycles. The molecular weight excluding hydrogens is 357 g/mol. The van der Waals surface area contributed by atoms with Gasteiger partial charge in [0, 0.05) is 25.3 Å². The van der Waals surface area contributed by atoms with Gasteiger partial charge in [0.25, 0.3) is 0 Å². The number of allylic oxidation sites excluding steroid dienone is 4. The third-order valence-electron chi connectivity index (χ3n) is 4.73. The summed E-state index contributed by atoms with van der Waals surface area (Å²) in [6.45, 7) is 4.24. The number of para-hydroxylation sites is 1. The molecule has 0 amide bonds. The van der Waals surface area contributed by atoms with Gasteiger partial charge in [-0.2, -0.15) is 0 Å². The Labute approximate surface area is 170 Å². The number of hydrogen-bond acceptors (Lipinski definition) is 1. The van der Waals surface area contributed by atoms with Gasteiger partial charge >= 0.3 is 0 Å². The van der Waals surface area contributed by atoms with Gasteiger partial charge < -0.3 is 4.90 Å². The molecule has 3 aromatic rings. The van der Waals surface area contributed by atoms with Crippen LogP contribution in [0.5, 0.6) is 0 Å². The Hall–Kier alpha value is -2.63. The molecule has 28 heavy (non-hydrogen) atoms. The highest BCUT2D eigenvalue weighted by molar-refractivity contribution is 7.77. The normalized spacial score (nSPS) is 12.9. The molecule has 0 heterocycles. The van der Waals surface area contributed by atoms with Gasteiger partial charge in [0.2, 0.25) is 0 Å². The number of anilines is 1. The van der Waals surface area contributed by atoms with Gasteiger partial charge in [-0.15, -0.1) is 0 Å². The average Bonchev–Trinajstić information content (AvgIpc) is 2.74. The minimum absolute atomic E-state index is 0.641. The number of nitrogens with zero attached hydrogens (tertiary/aromatic N) is 1. The van der Waals surface area contributed by atoms with Crippen LogP contribution in [0.2, 0.25) is 0 Å². The summed E-state index contributed by atoms with van der Waals surface area (Å²) in [6, 6.07) is 28.4. The van der Waals surface area contributed by atoms with E-state index in [1.54, 1.807) is 0 Å². The van der Waals surface area contributed by atoms with Gasteiger partial charge in [-0.05, 0) is 49.3 Å². The van der Waals surface area contributed by atoms with Crippen molar-refractivity contribution in [3.8, 4) is 11.1 Å². The van der Waals surface area contributed by atoms with E-state index in [0.717, 1.165) is 0 Å². The zero-order valence-corrected chi connectivity index (χ0v) is 18.0. The van der Waals surface area contributed by atoms with Crippen molar-refractivity contribution in [3.05, 3.63) is 102 Å². The van der Waals surface area contributed by atoms with Gasteiger partial charge in [-0.3, -0.25) is 0 Å². The highest BCUT2D eigenvalue weighted by Crippen LogP contribution is 2.46. The summed E-state index contributed by atoms with van der Waals surface area (Å²) >= 11 is 0. The molecule has 0 radical (unpaired) electrons. The number of benzene rings is 3. The quantitative estimate of drug-likeness (QED) is 0.354. The van der Waals surface area contributed by atoms with Crippen molar-refractivity contribution >= 4 is 24.2 Å². The smallest absolute Gasteiger partial charge is 0.0440 e. The monoisotopic (exact) mass is 385 g/mol. The first-order chi connectivity index (χ1) is 13.7. The van der Waals surface area contributed by atoms with E-state index in [9.17, 15) is 0 Å². The lowest BCUT2D eigenvalue weighted by atomic mass is 10.0. The van der Waals surface area contributed by atoms with Crippen LogP contribution in [0.15, 0.2) is 102 Å². The third-order valence-corrected chi connectivity index (χ3v) is 7.34. The van der Waals surface area contributed by atoms with E-state index in [-0.39, 0.29) is 0 Å². The molecular formula is C26H28NP. The van der Waals surface area contributed by atoms with Crippen LogP contribution in [0.4, 0.5) is 5.69 Å². The largest absolute Gasteiger partial charge is 0.377 e. The predicted octanol–water partition coefficient (Wildman–Crippen LogP) is 6.33. The van der Waals surface area contributed by atoms with Crippen molar-refractivity contribution in [2.75, 3.05) is 19.0 Å². The van der Waals surface area contributed by atoms with E-state index < -0.39 is 7.92 Å². The lowest BCUT2D eigenvalue weighted by molar-refractivity contribution is 1.13. The third kappa shape index (κ3) is 4.26. The molecule has 1 unspecified atom stereocenters. The van der Waals surface area contributed by atoms with E-state index in [0.29, 0.717) is 0 Å². The maximum atomic E-state index is 2.30. The van der Waals surface area contributed by atoms with Crippen molar-refractivity contribution in [2.24, 2.45) is 0 Å². The zero-order valence-electron chi connectivity index (χ0n) is 17.1. The standard InChI is InChI=1S/C26H28NP/c1-5-14-21(6-2)28(22-15-8-7-9-16-22)26-20-13-11-18-24(26)23-17-10-12-19-25(23)27(3)4/h5-20H,1-4H3/b14-5-,21-6+. The minimum atomic E-state index is -0.641. The molecule has 1 atom stereocenters.